The molecule has 0 bridgehead atoms. The first-order valence-electron chi connectivity index (χ1n) is 7.28. The third-order valence-corrected chi connectivity index (χ3v) is 3.51. The summed E-state index contributed by atoms with van der Waals surface area (Å²) in [6.45, 7) is 5.71. The van der Waals surface area contributed by atoms with Gasteiger partial charge in [0.15, 0.2) is 0 Å². The van der Waals surface area contributed by atoms with Crippen molar-refractivity contribution in [1.29, 1.82) is 0 Å². The van der Waals surface area contributed by atoms with E-state index in [-0.39, 0.29) is 17.9 Å². The molecule has 0 fully saturated rings. The summed E-state index contributed by atoms with van der Waals surface area (Å²) >= 11 is 0. The number of aryl methyl sites for hydroxylation is 1. The van der Waals surface area contributed by atoms with E-state index in [0.29, 0.717) is 11.3 Å². The molecular weight excluding hydrogens is 266 g/mol. The van der Waals surface area contributed by atoms with E-state index in [1.807, 2.05) is 20.8 Å². The van der Waals surface area contributed by atoms with Gasteiger partial charge in [-0.05, 0) is 50.5 Å². The Morgan fingerprint density at radius 3 is 2.43 bits per heavy atom. The number of hydrogen-bond acceptors (Lipinski definition) is 3. The molecule has 1 aromatic carbocycles. The van der Waals surface area contributed by atoms with Crippen molar-refractivity contribution in [2.45, 2.75) is 46.1 Å². The minimum atomic E-state index is -0.472. The summed E-state index contributed by atoms with van der Waals surface area (Å²) in [6, 6.07) is 5.18. The van der Waals surface area contributed by atoms with Crippen molar-refractivity contribution < 1.29 is 9.59 Å². The lowest BCUT2D eigenvalue weighted by molar-refractivity contribution is -0.119. The highest BCUT2D eigenvalue weighted by Crippen LogP contribution is 2.18. The zero-order valence-electron chi connectivity index (χ0n) is 13.0. The van der Waals surface area contributed by atoms with E-state index in [1.165, 1.54) is 0 Å². The molecular formula is C16H25N3O2. The highest BCUT2D eigenvalue weighted by Gasteiger charge is 2.14. The van der Waals surface area contributed by atoms with Crippen LogP contribution in [0.1, 0.15) is 49.0 Å². The number of amides is 2. The minimum absolute atomic E-state index is 0.0189. The van der Waals surface area contributed by atoms with E-state index in [9.17, 15) is 9.59 Å². The van der Waals surface area contributed by atoms with Gasteiger partial charge in [0, 0.05) is 23.2 Å². The minimum Gasteiger partial charge on any atom is -0.366 e. The lowest BCUT2D eigenvalue weighted by Crippen LogP contribution is -2.22. The number of benzene rings is 1. The molecule has 2 amide bonds. The van der Waals surface area contributed by atoms with E-state index in [4.69, 9.17) is 11.5 Å². The van der Waals surface area contributed by atoms with Crippen LogP contribution in [0, 0.1) is 12.8 Å². The fourth-order valence-corrected chi connectivity index (χ4v) is 2.09. The van der Waals surface area contributed by atoms with Crippen molar-refractivity contribution in [3.63, 3.8) is 0 Å². The summed E-state index contributed by atoms with van der Waals surface area (Å²) in [4.78, 5) is 23.2. The zero-order valence-corrected chi connectivity index (χ0v) is 13.0. The van der Waals surface area contributed by atoms with Gasteiger partial charge in [-0.3, -0.25) is 9.59 Å². The van der Waals surface area contributed by atoms with Crippen molar-refractivity contribution in [1.82, 2.24) is 0 Å². The molecule has 0 saturated heterocycles. The number of nitrogens with one attached hydrogen (secondary N) is 1. The van der Waals surface area contributed by atoms with Crippen LogP contribution in [-0.4, -0.2) is 17.9 Å². The Morgan fingerprint density at radius 2 is 1.90 bits per heavy atom. The maximum atomic E-state index is 12.1. The SMILES string of the molecule is Cc1cc(C(N)=O)ccc1NC(=O)C(C)CCCC(C)N. The van der Waals surface area contributed by atoms with Crippen LogP contribution < -0.4 is 16.8 Å². The van der Waals surface area contributed by atoms with Gasteiger partial charge >= 0.3 is 0 Å². The average molecular weight is 291 g/mol. The molecule has 0 aliphatic carbocycles. The number of hydrogen-bond donors (Lipinski definition) is 3. The largest absolute Gasteiger partial charge is 0.366 e. The smallest absolute Gasteiger partial charge is 0.248 e. The van der Waals surface area contributed by atoms with Crippen molar-refractivity contribution >= 4 is 17.5 Å². The molecule has 1 aromatic rings. The van der Waals surface area contributed by atoms with Gasteiger partial charge in [-0.2, -0.15) is 0 Å². The molecule has 116 valence electrons. The first-order chi connectivity index (χ1) is 9.81. The highest BCUT2D eigenvalue weighted by atomic mass is 16.2. The molecule has 2 unspecified atom stereocenters. The van der Waals surface area contributed by atoms with Crippen molar-refractivity contribution in [3.05, 3.63) is 29.3 Å². The maximum Gasteiger partial charge on any atom is 0.248 e. The Hall–Kier alpha value is -1.88. The van der Waals surface area contributed by atoms with Gasteiger partial charge in [0.05, 0.1) is 0 Å². The van der Waals surface area contributed by atoms with E-state index < -0.39 is 5.91 Å². The van der Waals surface area contributed by atoms with Crippen LogP contribution in [-0.2, 0) is 4.79 Å². The van der Waals surface area contributed by atoms with Crippen LogP contribution in [0.15, 0.2) is 18.2 Å². The second kappa shape index (κ2) is 7.78. The fraction of sp³-hybridized carbons (Fsp3) is 0.500. The Morgan fingerprint density at radius 1 is 1.24 bits per heavy atom. The summed E-state index contributed by atoms with van der Waals surface area (Å²) in [6.07, 6.45) is 2.67. The second-order valence-electron chi connectivity index (χ2n) is 5.69. The summed E-state index contributed by atoms with van der Waals surface area (Å²) < 4.78 is 0. The van der Waals surface area contributed by atoms with Gasteiger partial charge in [0.25, 0.3) is 0 Å². The number of rotatable bonds is 7. The number of nitrogens with two attached hydrogens (primary N) is 2. The predicted octanol–water partition coefficient (Wildman–Crippen LogP) is 2.19. The number of carbonyl (C=O) groups is 2. The first-order valence-corrected chi connectivity index (χ1v) is 7.28. The second-order valence-corrected chi connectivity index (χ2v) is 5.69. The fourth-order valence-electron chi connectivity index (χ4n) is 2.09. The standard InChI is InChI=1S/C16H25N3O2/c1-10(5-4-6-12(3)17)16(21)19-14-8-7-13(15(18)20)9-11(14)2/h7-10,12H,4-6,17H2,1-3H3,(H2,18,20)(H,19,21). The van der Waals surface area contributed by atoms with Crippen LogP contribution in [0.4, 0.5) is 5.69 Å². The molecule has 0 aromatic heterocycles. The monoisotopic (exact) mass is 291 g/mol. The molecule has 5 heteroatoms. The molecule has 1 rings (SSSR count). The van der Waals surface area contributed by atoms with Gasteiger partial charge in [-0.1, -0.05) is 13.3 Å². The van der Waals surface area contributed by atoms with Gasteiger partial charge in [0.2, 0.25) is 11.8 Å². The molecule has 2 atom stereocenters. The van der Waals surface area contributed by atoms with Crippen LogP contribution in [0.25, 0.3) is 0 Å². The molecule has 21 heavy (non-hydrogen) atoms. The third-order valence-electron chi connectivity index (χ3n) is 3.51. The first kappa shape index (κ1) is 17.2. The van der Waals surface area contributed by atoms with E-state index >= 15 is 0 Å². The maximum absolute atomic E-state index is 12.1. The Balaban J connectivity index is 2.60. The molecule has 5 nitrogen and oxygen atoms in total. The van der Waals surface area contributed by atoms with E-state index in [0.717, 1.165) is 24.8 Å². The molecule has 0 aliphatic rings. The van der Waals surface area contributed by atoms with Crippen molar-refractivity contribution in [2.24, 2.45) is 17.4 Å². The zero-order chi connectivity index (χ0) is 16.0. The number of anilines is 1. The quantitative estimate of drug-likeness (QED) is 0.718. The van der Waals surface area contributed by atoms with Gasteiger partial charge < -0.3 is 16.8 Å². The van der Waals surface area contributed by atoms with Crippen molar-refractivity contribution in [3.8, 4) is 0 Å². The van der Waals surface area contributed by atoms with E-state index in [1.54, 1.807) is 18.2 Å². The molecule has 0 saturated carbocycles. The van der Waals surface area contributed by atoms with Gasteiger partial charge in [0.1, 0.15) is 0 Å². The summed E-state index contributed by atoms with van der Waals surface area (Å²) in [5, 5.41) is 2.89. The summed E-state index contributed by atoms with van der Waals surface area (Å²) in [5.41, 5.74) is 12.9. The average Bonchev–Trinajstić information content (AvgIpc) is 2.40. The van der Waals surface area contributed by atoms with Crippen molar-refractivity contribution in [2.75, 3.05) is 5.32 Å². The van der Waals surface area contributed by atoms with Crippen LogP contribution in [0.2, 0.25) is 0 Å². The summed E-state index contributed by atoms with van der Waals surface area (Å²) in [7, 11) is 0. The van der Waals surface area contributed by atoms with Gasteiger partial charge in [-0.25, -0.2) is 0 Å². The third kappa shape index (κ3) is 5.55. The Kier molecular flexibility index (Phi) is 6.37. The highest BCUT2D eigenvalue weighted by molar-refractivity contribution is 5.96. The lowest BCUT2D eigenvalue weighted by Gasteiger charge is -2.14. The molecule has 0 heterocycles. The molecule has 5 N–H and O–H groups in total. The van der Waals surface area contributed by atoms with Crippen LogP contribution in [0.3, 0.4) is 0 Å². The van der Waals surface area contributed by atoms with Crippen LogP contribution in [0.5, 0.6) is 0 Å². The Bertz CT molecular complexity index is 512. The molecule has 0 spiro atoms. The predicted molar refractivity (Wildman–Crippen MR) is 85.0 cm³/mol. The van der Waals surface area contributed by atoms with Gasteiger partial charge in [-0.15, -0.1) is 0 Å². The van der Waals surface area contributed by atoms with Crippen LogP contribution >= 0.6 is 0 Å². The Labute approximate surface area is 126 Å². The summed E-state index contributed by atoms with van der Waals surface area (Å²) in [5.74, 6) is -0.561. The lowest BCUT2D eigenvalue weighted by atomic mass is 10.0. The topological polar surface area (TPSA) is 98.2 Å². The normalized spacial score (nSPS) is 13.5. The number of carbonyl (C=O) groups excluding carboxylic acids is 2. The molecule has 0 radical (unpaired) electrons. The molecule has 0 aliphatic heterocycles. The van der Waals surface area contributed by atoms with E-state index in [2.05, 4.69) is 5.32 Å². The number of primary amides is 1.